The maximum atomic E-state index is 11.5. The number of carbonyl (C=O) groups excluding carboxylic acids is 1. The van der Waals surface area contributed by atoms with Gasteiger partial charge in [-0.2, -0.15) is 0 Å². The molecule has 0 spiro atoms. The molecule has 0 aliphatic carbocycles. The Labute approximate surface area is 118 Å². The fourth-order valence-electron chi connectivity index (χ4n) is 1.20. The van der Waals surface area contributed by atoms with Crippen LogP contribution in [0.1, 0.15) is 0 Å². The zero-order valence-corrected chi connectivity index (χ0v) is 11.8. The van der Waals surface area contributed by atoms with E-state index in [4.69, 9.17) is 5.11 Å². The predicted octanol–water partition coefficient (Wildman–Crippen LogP) is 1.51. The van der Waals surface area contributed by atoms with Crippen LogP contribution in [0.25, 0.3) is 0 Å². The molecule has 0 aromatic heterocycles. The highest BCUT2D eigenvalue weighted by molar-refractivity contribution is 14.1. The Kier molecular flexibility index (Phi) is 5.86. The van der Waals surface area contributed by atoms with E-state index in [0.29, 0.717) is 5.69 Å². The van der Waals surface area contributed by atoms with Gasteiger partial charge in [-0.15, -0.1) is 0 Å². The minimum atomic E-state index is -1.12. The molecule has 0 fully saturated rings. The summed E-state index contributed by atoms with van der Waals surface area (Å²) in [5.74, 6) is -1.12. The molecule has 1 aromatic carbocycles. The predicted molar refractivity (Wildman–Crippen MR) is 74.6 cm³/mol. The van der Waals surface area contributed by atoms with Gasteiger partial charge in [0.25, 0.3) is 0 Å². The van der Waals surface area contributed by atoms with Gasteiger partial charge >= 0.3 is 12.0 Å². The molecule has 1 unspecified atom stereocenters. The molecule has 18 heavy (non-hydrogen) atoms. The maximum absolute atomic E-state index is 11.5. The number of hydrogen-bond donors (Lipinski definition) is 3. The number of rotatable bonds is 5. The fraction of sp³-hybridized carbons (Fsp3) is 0.273. The van der Waals surface area contributed by atoms with E-state index in [0.717, 1.165) is 3.57 Å². The Balaban J connectivity index is 2.45. The third kappa shape index (κ3) is 4.88. The summed E-state index contributed by atoms with van der Waals surface area (Å²) in [7, 11) is 1.28. The minimum absolute atomic E-state index is 0.0956. The number of carbonyl (C=O) groups is 2. The molecule has 7 heteroatoms. The van der Waals surface area contributed by atoms with E-state index in [1.54, 1.807) is 12.1 Å². The number of urea groups is 1. The lowest BCUT2D eigenvalue weighted by Crippen LogP contribution is -2.39. The van der Waals surface area contributed by atoms with Crippen LogP contribution in [-0.4, -0.2) is 36.9 Å². The number of halogens is 1. The van der Waals surface area contributed by atoms with E-state index in [1.165, 1.54) is 7.11 Å². The lowest BCUT2D eigenvalue weighted by molar-refractivity contribution is -0.147. The van der Waals surface area contributed by atoms with Crippen LogP contribution in [0, 0.1) is 3.57 Å². The highest BCUT2D eigenvalue weighted by atomic mass is 127. The maximum Gasteiger partial charge on any atom is 0.334 e. The highest BCUT2D eigenvalue weighted by Gasteiger charge is 2.16. The van der Waals surface area contributed by atoms with Crippen molar-refractivity contribution in [3.05, 3.63) is 27.8 Å². The van der Waals surface area contributed by atoms with Crippen molar-refractivity contribution in [1.82, 2.24) is 5.32 Å². The van der Waals surface area contributed by atoms with E-state index in [9.17, 15) is 9.59 Å². The second kappa shape index (κ2) is 7.17. The number of methoxy groups -OCH3 is 1. The molecule has 0 aliphatic rings. The number of nitrogens with one attached hydrogen (secondary N) is 2. The van der Waals surface area contributed by atoms with E-state index in [-0.39, 0.29) is 6.54 Å². The Bertz CT molecular complexity index is 439. The van der Waals surface area contributed by atoms with Gasteiger partial charge in [0, 0.05) is 16.4 Å². The third-order valence-corrected chi connectivity index (χ3v) is 2.76. The van der Waals surface area contributed by atoms with Gasteiger partial charge in [0.15, 0.2) is 6.10 Å². The molecule has 0 bridgehead atoms. The van der Waals surface area contributed by atoms with Crippen LogP contribution in [0.5, 0.6) is 0 Å². The standard InChI is InChI=1S/C11H13IN2O4/c1-18-9(10(15)16)6-13-11(17)14-8-4-2-3-7(12)5-8/h2-5,9H,6H2,1H3,(H,15,16)(H2,13,14,17). The number of amides is 2. The first-order valence-electron chi connectivity index (χ1n) is 5.09. The number of ether oxygens (including phenoxy) is 1. The van der Waals surface area contributed by atoms with E-state index in [2.05, 4.69) is 38.0 Å². The Morgan fingerprint density at radius 3 is 2.78 bits per heavy atom. The molecule has 0 radical (unpaired) electrons. The van der Waals surface area contributed by atoms with Crippen molar-refractivity contribution >= 4 is 40.3 Å². The number of hydrogen-bond acceptors (Lipinski definition) is 3. The summed E-state index contributed by atoms with van der Waals surface area (Å²) in [6, 6.07) is 6.78. The van der Waals surface area contributed by atoms with Gasteiger partial charge in [-0.3, -0.25) is 0 Å². The molecule has 2 amide bonds. The average Bonchev–Trinajstić information content (AvgIpc) is 2.29. The lowest BCUT2D eigenvalue weighted by Gasteiger charge is -2.12. The van der Waals surface area contributed by atoms with Gasteiger partial charge < -0.3 is 20.5 Å². The lowest BCUT2D eigenvalue weighted by atomic mass is 10.3. The van der Waals surface area contributed by atoms with Crippen LogP contribution in [0.2, 0.25) is 0 Å². The fourth-order valence-corrected chi connectivity index (χ4v) is 1.74. The quantitative estimate of drug-likeness (QED) is 0.692. The van der Waals surface area contributed by atoms with Crippen molar-refractivity contribution < 1.29 is 19.4 Å². The topological polar surface area (TPSA) is 87.7 Å². The van der Waals surface area contributed by atoms with Gasteiger partial charge in [-0.25, -0.2) is 9.59 Å². The van der Waals surface area contributed by atoms with Crippen LogP contribution < -0.4 is 10.6 Å². The highest BCUT2D eigenvalue weighted by Crippen LogP contribution is 2.11. The zero-order valence-electron chi connectivity index (χ0n) is 9.64. The SMILES string of the molecule is COC(CNC(=O)Nc1cccc(I)c1)C(=O)O. The molecule has 1 rings (SSSR count). The zero-order chi connectivity index (χ0) is 13.5. The molecular formula is C11H13IN2O4. The van der Waals surface area contributed by atoms with Gasteiger partial charge in [0.2, 0.25) is 0 Å². The van der Waals surface area contributed by atoms with Crippen molar-refractivity contribution in [2.75, 3.05) is 19.0 Å². The van der Waals surface area contributed by atoms with Crippen molar-refractivity contribution in [3.63, 3.8) is 0 Å². The molecule has 98 valence electrons. The summed E-state index contributed by atoms with van der Waals surface area (Å²) in [5, 5.41) is 13.7. The van der Waals surface area contributed by atoms with Crippen molar-refractivity contribution in [2.24, 2.45) is 0 Å². The molecule has 0 heterocycles. The molecule has 0 aliphatic heterocycles. The van der Waals surface area contributed by atoms with Gasteiger partial charge in [0.1, 0.15) is 0 Å². The van der Waals surface area contributed by atoms with Crippen molar-refractivity contribution in [1.29, 1.82) is 0 Å². The van der Waals surface area contributed by atoms with Crippen molar-refractivity contribution in [2.45, 2.75) is 6.10 Å². The normalized spacial score (nSPS) is 11.7. The van der Waals surface area contributed by atoms with E-state index >= 15 is 0 Å². The second-order valence-corrected chi connectivity index (χ2v) is 4.65. The molecule has 6 nitrogen and oxygen atoms in total. The molecular weight excluding hydrogens is 351 g/mol. The van der Waals surface area contributed by atoms with Crippen LogP contribution in [0.15, 0.2) is 24.3 Å². The first-order chi connectivity index (χ1) is 8.52. The summed E-state index contributed by atoms with van der Waals surface area (Å²) < 4.78 is 5.68. The Hall–Kier alpha value is -1.35. The third-order valence-electron chi connectivity index (χ3n) is 2.09. The molecule has 0 saturated carbocycles. The van der Waals surface area contributed by atoms with Gasteiger partial charge in [-0.05, 0) is 40.8 Å². The summed E-state index contributed by atoms with van der Waals surface area (Å²) in [6.45, 7) is -0.0956. The Morgan fingerprint density at radius 2 is 2.22 bits per heavy atom. The van der Waals surface area contributed by atoms with Crippen LogP contribution in [0.3, 0.4) is 0 Å². The molecule has 3 N–H and O–H groups in total. The summed E-state index contributed by atoms with van der Waals surface area (Å²) in [6.07, 6.45) is -1.05. The number of anilines is 1. The largest absolute Gasteiger partial charge is 0.479 e. The van der Waals surface area contributed by atoms with Crippen LogP contribution in [-0.2, 0) is 9.53 Å². The number of aliphatic carboxylic acids is 1. The first kappa shape index (κ1) is 14.7. The van der Waals surface area contributed by atoms with Gasteiger partial charge in [0.05, 0.1) is 6.54 Å². The molecule has 1 atom stereocenters. The molecule has 0 saturated heterocycles. The van der Waals surface area contributed by atoms with E-state index in [1.807, 2.05) is 12.1 Å². The number of carboxylic acid groups (broad SMARTS) is 1. The van der Waals surface area contributed by atoms with Crippen LogP contribution in [0.4, 0.5) is 10.5 Å². The summed E-state index contributed by atoms with van der Waals surface area (Å²) in [5.41, 5.74) is 0.642. The van der Waals surface area contributed by atoms with Crippen molar-refractivity contribution in [3.8, 4) is 0 Å². The smallest absolute Gasteiger partial charge is 0.334 e. The van der Waals surface area contributed by atoms with Crippen LogP contribution >= 0.6 is 22.6 Å². The number of benzene rings is 1. The average molecular weight is 364 g/mol. The summed E-state index contributed by atoms with van der Waals surface area (Å²) in [4.78, 5) is 22.1. The molecule has 1 aromatic rings. The number of carboxylic acids is 1. The first-order valence-corrected chi connectivity index (χ1v) is 6.17. The van der Waals surface area contributed by atoms with E-state index < -0.39 is 18.1 Å². The monoisotopic (exact) mass is 364 g/mol. The Morgan fingerprint density at radius 1 is 1.50 bits per heavy atom. The minimum Gasteiger partial charge on any atom is -0.479 e. The summed E-state index contributed by atoms with van der Waals surface area (Å²) >= 11 is 2.13. The second-order valence-electron chi connectivity index (χ2n) is 3.41. The van der Waals surface area contributed by atoms with Gasteiger partial charge in [-0.1, -0.05) is 6.07 Å².